The molecule has 1 aromatic heterocycles. The van der Waals surface area contributed by atoms with E-state index in [0.29, 0.717) is 25.4 Å². The number of nitrogens with zero attached hydrogens (tertiary/aromatic N) is 3. The third-order valence-electron chi connectivity index (χ3n) is 3.73. The maximum atomic E-state index is 12.6. The molecule has 2 aromatic rings. The summed E-state index contributed by atoms with van der Waals surface area (Å²) in [7, 11) is 0. The lowest BCUT2D eigenvalue weighted by atomic mass is 10.1. The Hall–Kier alpha value is -2.64. The molecule has 8 heteroatoms. The van der Waals surface area contributed by atoms with Crippen molar-refractivity contribution in [1.29, 1.82) is 0 Å². The summed E-state index contributed by atoms with van der Waals surface area (Å²) in [5.74, 6) is 0.0697. The standard InChI is InChI=1S/C16H14F3N3O2/c17-16(18,19)12-5-3-11(4-6-12)15(23)22-9-7-13(10-22)24-14-2-1-8-20-21-14/h1-6,8,13H,7,9-10H2. The predicted molar refractivity (Wildman–Crippen MR) is 78.4 cm³/mol. The van der Waals surface area contributed by atoms with E-state index in [2.05, 4.69) is 10.2 Å². The van der Waals surface area contributed by atoms with E-state index in [9.17, 15) is 18.0 Å². The van der Waals surface area contributed by atoms with Gasteiger partial charge in [0.15, 0.2) is 0 Å². The minimum atomic E-state index is -4.41. The van der Waals surface area contributed by atoms with Crippen LogP contribution in [0.3, 0.4) is 0 Å². The summed E-state index contributed by atoms with van der Waals surface area (Å²) in [6.45, 7) is 0.835. The van der Waals surface area contributed by atoms with Crippen molar-refractivity contribution in [1.82, 2.24) is 15.1 Å². The van der Waals surface area contributed by atoms with E-state index in [-0.39, 0.29) is 17.6 Å². The summed E-state index contributed by atoms with van der Waals surface area (Å²) in [6, 6.07) is 7.59. The molecule has 126 valence electrons. The summed E-state index contributed by atoms with van der Waals surface area (Å²) in [5, 5.41) is 7.53. The quantitative estimate of drug-likeness (QED) is 0.864. The summed E-state index contributed by atoms with van der Waals surface area (Å²) in [5.41, 5.74) is -0.549. The van der Waals surface area contributed by atoms with E-state index in [0.717, 1.165) is 12.1 Å². The van der Waals surface area contributed by atoms with Crippen molar-refractivity contribution in [3.05, 3.63) is 53.7 Å². The molecule has 0 bridgehead atoms. The van der Waals surface area contributed by atoms with Crippen LogP contribution in [-0.2, 0) is 6.18 Å². The van der Waals surface area contributed by atoms with Gasteiger partial charge in [0.1, 0.15) is 6.10 Å². The van der Waals surface area contributed by atoms with Gasteiger partial charge in [-0.2, -0.15) is 18.3 Å². The Bertz CT molecular complexity index is 705. The summed E-state index contributed by atoms with van der Waals surface area (Å²) in [4.78, 5) is 13.9. The first-order valence-electron chi connectivity index (χ1n) is 7.34. The number of aromatic nitrogens is 2. The Balaban J connectivity index is 1.62. The fraction of sp³-hybridized carbons (Fsp3) is 0.312. The largest absolute Gasteiger partial charge is 0.471 e. The molecule has 1 saturated heterocycles. The van der Waals surface area contributed by atoms with Crippen molar-refractivity contribution in [3.8, 4) is 5.88 Å². The van der Waals surface area contributed by atoms with Gasteiger partial charge in [-0.1, -0.05) is 0 Å². The molecule has 1 amide bonds. The van der Waals surface area contributed by atoms with Gasteiger partial charge in [-0.3, -0.25) is 4.79 Å². The maximum absolute atomic E-state index is 12.6. The van der Waals surface area contributed by atoms with Crippen LogP contribution < -0.4 is 4.74 Å². The summed E-state index contributed by atoms with van der Waals surface area (Å²) in [6.07, 6.45) is -2.46. The summed E-state index contributed by atoms with van der Waals surface area (Å²) < 4.78 is 43.3. The fourth-order valence-electron chi connectivity index (χ4n) is 2.51. The first-order chi connectivity index (χ1) is 11.4. The maximum Gasteiger partial charge on any atom is 0.416 e. The van der Waals surface area contributed by atoms with E-state index in [4.69, 9.17) is 4.74 Å². The zero-order valence-corrected chi connectivity index (χ0v) is 12.5. The Morgan fingerprint density at radius 3 is 2.58 bits per heavy atom. The number of rotatable bonds is 3. The van der Waals surface area contributed by atoms with Crippen LogP contribution in [0.1, 0.15) is 22.3 Å². The number of carbonyl (C=O) groups excluding carboxylic acids is 1. The highest BCUT2D eigenvalue weighted by Gasteiger charge is 2.32. The highest BCUT2D eigenvalue weighted by Crippen LogP contribution is 2.29. The molecule has 1 aliphatic rings. The summed E-state index contributed by atoms with van der Waals surface area (Å²) >= 11 is 0. The molecular formula is C16H14F3N3O2. The van der Waals surface area contributed by atoms with E-state index in [1.165, 1.54) is 18.3 Å². The number of halogens is 3. The van der Waals surface area contributed by atoms with Crippen LogP contribution in [0.15, 0.2) is 42.6 Å². The van der Waals surface area contributed by atoms with Crippen LogP contribution in [0.5, 0.6) is 5.88 Å². The van der Waals surface area contributed by atoms with Crippen molar-refractivity contribution in [2.45, 2.75) is 18.7 Å². The van der Waals surface area contributed by atoms with Crippen LogP contribution in [0.2, 0.25) is 0 Å². The van der Waals surface area contributed by atoms with Crippen LogP contribution >= 0.6 is 0 Å². The highest BCUT2D eigenvalue weighted by atomic mass is 19.4. The lowest BCUT2D eigenvalue weighted by Gasteiger charge is -2.17. The Morgan fingerprint density at radius 1 is 1.21 bits per heavy atom. The smallest absolute Gasteiger partial charge is 0.416 e. The number of hydrogen-bond donors (Lipinski definition) is 0. The van der Waals surface area contributed by atoms with Crippen molar-refractivity contribution in [3.63, 3.8) is 0 Å². The molecule has 1 unspecified atom stereocenters. The number of amides is 1. The average Bonchev–Trinajstić information content (AvgIpc) is 3.03. The third-order valence-corrected chi connectivity index (χ3v) is 3.73. The third kappa shape index (κ3) is 3.64. The van der Waals surface area contributed by atoms with Gasteiger partial charge in [-0.15, -0.1) is 5.10 Å². The van der Waals surface area contributed by atoms with Gasteiger partial charge in [0.25, 0.3) is 5.91 Å². The number of ether oxygens (including phenoxy) is 1. The second-order valence-corrected chi connectivity index (χ2v) is 5.42. The molecule has 0 radical (unpaired) electrons. The van der Waals surface area contributed by atoms with Gasteiger partial charge in [0.05, 0.1) is 12.1 Å². The van der Waals surface area contributed by atoms with E-state index in [1.54, 1.807) is 17.0 Å². The zero-order chi connectivity index (χ0) is 17.2. The topological polar surface area (TPSA) is 55.3 Å². The van der Waals surface area contributed by atoms with Gasteiger partial charge >= 0.3 is 6.18 Å². The SMILES string of the molecule is O=C(c1ccc(C(F)(F)F)cc1)N1CCC(Oc2cccnn2)C1. The van der Waals surface area contributed by atoms with Crippen molar-refractivity contribution < 1.29 is 22.7 Å². The van der Waals surface area contributed by atoms with Crippen LogP contribution in [0.25, 0.3) is 0 Å². The predicted octanol–water partition coefficient (Wildman–Crippen LogP) is 2.79. The first kappa shape index (κ1) is 16.2. The van der Waals surface area contributed by atoms with Crippen molar-refractivity contribution in [2.24, 2.45) is 0 Å². The van der Waals surface area contributed by atoms with Crippen molar-refractivity contribution >= 4 is 5.91 Å². The lowest BCUT2D eigenvalue weighted by Crippen LogP contribution is -2.31. The first-order valence-corrected chi connectivity index (χ1v) is 7.34. The molecular weight excluding hydrogens is 323 g/mol. The molecule has 0 saturated carbocycles. The Kier molecular flexibility index (Phi) is 4.37. The van der Waals surface area contributed by atoms with E-state index >= 15 is 0 Å². The molecule has 0 N–H and O–H groups in total. The van der Waals surface area contributed by atoms with E-state index < -0.39 is 11.7 Å². The minimum Gasteiger partial charge on any atom is -0.471 e. The number of benzene rings is 1. The van der Waals surface area contributed by atoms with Gasteiger partial charge in [0, 0.05) is 30.8 Å². The number of carbonyl (C=O) groups is 1. The van der Waals surface area contributed by atoms with Gasteiger partial charge in [-0.05, 0) is 30.3 Å². The molecule has 1 aromatic carbocycles. The van der Waals surface area contributed by atoms with Gasteiger partial charge in [0.2, 0.25) is 5.88 Å². The zero-order valence-electron chi connectivity index (χ0n) is 12.5. The number of alkyl halides is 3. The molecule has 1 atom stereocenters. The fourth-order valence-corrected chi connectivity index (χ4v) is 2.51. The van der Waals surface area contributed by atoms with Crippen LogP contribution in [0.4, 0.5) is 13.2 Å². The second-order valence-electron chi connectivity index (χ2n) is 5.42. The Labute approximate surface area is 136 Å². The molecule has 1 fully saturated rings. The van der Waals surface area contributed by atoms with Crippen molar-refractivity contribution in [2.75, 3.05) is 13.1 Å². The molecule has 0 aliphatic carbocycles. The molecule has 24 heavy (non-hydrogen) atoms. The average molecular weight is 337 g/mol. The van der Waals surface area contributed by atoms with Gasteiger partial charge in [-0.25, -0.2) is 0 Å². The van der Waals surface area contributed by atoms with Crippen LogP contribution in [-0.4, -0.2) is 40.2 Å². The second kappa shape index (κ2) is 6.46. The number of hydrogen-bond acceptors (Lipinski definition) is 4. The van der Waals surface area contributed by atoms with E-state index in [1.807, 2.05) is 0 Å². The molecule has 0 spiro atoms. The monoisotopic (exact) mass is 337 g/mol. The molecule has 3 rings (SSSR count). The minimum absolute atomic E-state index is 0.208. The highest BCUT2D eigenvalue weighted by molar-refractivity contribution is 5.94. The normalized spacial score (nSPS) is 17.8. The molecule has 1 aliphatic heterocycles. The molecule has 5 nitrogen and oxygen atoms in total. The molecule has 2 heterocycles. The Morgan fingerprint density at radius 2 is 1.96 bits per heavy atom. The van der Waals surface area contributed by atoms with Crippen LogP contribution in [0, 0.1) is 0 Å². The van der Waals surface area contributed by atoms with Gasteiger partial charge < -0.3 is 9.64 Å². The number of likely N-dealkylation sites (tertiary alicyclic amines) is 1. The lowest BCUT2D eigenvalue weighted by molar-refractivity contribution is -0.137.